The number of hydrogen-bond donors (Lipinski definition) is 0. The number of benzene rings is 1. The van der Waals surface area contributed by atoms with Crippen LogP contribution in [0.25, 0.3) is 26.1 Å². The van der Waals surface area contributed by atoms with Crippen molar-refractivity contribution in [1.29, 1.82) is 0 Å². The highest BCUT2D eigenvalue weighted by molar-refractivity contribution is 7.22. The standard InChI is InChI=1S/C23H21FN6OS/c1-13-12-30(23-26-16-6-5-15(24)9-19(16)32-23)14(2)11-29(13)18-10-21(31)28(4)17-7-8-20(25-3)27-22(17)18/h5-10,13-14H,11-12H2,1-2,4H3/t13-,14+/m0/s1. The van der Waals surface area contributed by atoms with E-state index >= 15 is 0 Å². The lowest BCUT2D eigenvalue weighted by Gasteiger charge is -2.45. The fourth-order valence-electron chi connectivity index (χ4n) is 4.32. The number of hydrogen-bond acceptors (Lipinski definition) is 6. The van der Waals surface area contributed by atoms with Gasteiger partial charge >= 0.3 is 0 Å². The van der Waals surface area contributed by atoms with Crippen LogP contribution in [0.5, 0.6) is 0 Å². The molecule has 2 atom stereocenters. The molecule has 1 fully saturated rings. The molecule has 0 unspecified atom stereocenters. The Hall–Kier alpha value is -3.51. The second-order valence-corrected chi connectivity index (χ2v) is 9.20. The van der Waals surface area contributed by atoms with Crippen LogP contribution in [0.15, 0.2) is 41.2 Å². The first-order chi connectivity index (χ1) is 15.4. The van der Waals surface area contributed by atoms with Gasteiger partial charge in [0.2, 0.25) is 5.52 Å². The highest BCUT2D eigenvalue weighted by Crippen LogP contribution is 2.35. The van der Waals surface area contributed by atoms with Gasteiger partial charge in [0, 0.05) is 38.3 Å². The molecule has 32 heavy (non-hydrogen) atoms. The second-order valence-electron chi connectivity index (χ2n) is 8.19. The van der Waals surface area contributed by atoms with Crippen LogP contribution in [0.1, 0.15) is 13.8 Å². The normalized spacial score (nSPS) is 19.0. The Balaban J connectivity index is 1.53. The molecular weight excluding hydrogens is 427 g/mol. The van der Waals surface area contributed by atoms with E-state index in [2.05, 4.69) is 33.5 Å². The van der Waals surface area contributed by atoms with Gasteiger partial charge in [-0.05, 0) is 44.2 Å². The van der Waals surface area contributed by atoms with Gasteiger partial charge < -0.3 is 19.2 Å². The van der Waals surface area contributed by atoms with Crippen LogP contribution >= 0.6 is 11.3 Å². The molecule has 0 aliphatic carbocycles. The van der Waals surface area contributed by atoms with E-state index in [1.54, 1.807) is 35.9 Å². The first-order valence-electron chi connectivity index (χ1n) is 10.3. The molecule has 1 aliphatic heterocycles. The lowest BCUT2D eigenvalue weighted by atomic mass is 10.1. The van der Waals surface area contributed by atoms with Crippen LogP contribution in [0, 0.1) is 12.4 Å². The Morgan fingerprint density at radius 1 is 1.09 bits per heavy atom. The number of piperazine rings is 1. The number of rotatable bonds is 2. The molecule has 1 saturated heterocycles. The van der Waals surface area contributed by atoms with Crippen molar-refractivity contribution in [2.75, 3.05) is 22.9 Å². The Kier molecular flexibility index (Phi) is 4.82. The minimum Gasteiger partial charge on any atom is -0.361 e. The summed E-state index contributed by atoms with van der Waals surface area (Å²) in [6.07, 6.45) is 0. The lowest BCUT2D eigenvalue weighted by molar-refractivity contribution is 0.481. The van der Waals surface area contributed by atoms with Gasteiger partial charge in [0.15, 0.2) is 5.13 Å². The molecule has 0 radical (unpaired) electrons. The van der Waals surface area contributed by atoms with E-state index in [9.17, 15) is 9.18 Å². The topological polar surface area (TPSA) is 58.6 Å². The highest BCUT2D eigenvalue weighted by atomic mass is 32.1. The highest BCUT2D eigenvalue weighted by Gasteiger charge is 2.33. The summed E-state index contributed by atoms with van der Waals surface area (Å²) in [5, 5.41) is 0.867. The van der Waals surface area contributed by atoms with Crippen LogP contribution in [-0.4, -0.2) is 39.7 Å². The van der Waals surface area contributed by atoms with E-state index < -0.39 is 0 Å². The van der Waals surface area contributed by atoms with Crippen LogP contribution in [0.2, 0.25) is 0 Å². The largest absolute Gasteiger partial charge is 0.361 e. The van der Waals surface area contributed by atoms with Gasteiger partial charge in [0.05, 0.1) is 21.4 Å². The van der Waals surface area contributed by atoms with Crippen molar-refractivity contribution in [2.45, 2.75) is 25.9 Å². The molecule has 0 saturated carbocycles. The number of thiazole rings is 1. The van der Waals surface area contributed by atoms with Crippen molar-refractivity contribution >= 4 is 49.2 Å². The molecule has 4 aromatic rings. The molecule has 3 aromatic heterocycles. The number of aryl methyl sites for hydroxylation is 1. The number of aromatic nitrogens is 3. The molecule has 0 N–H and O–H groups in total. The van der Waals surface area contributed by atoms with Crippen LogP contribution in [-0.2, 0) is 7.05 Å². The molecule has 162 valence electrons. The molecule has 0 bridgehead atoms. The molecule has 4 heterocycles. The van der Waals surface area contributed by atoms with E-state index in [1.165, 1.54) is 23.5 Å². The second kappa shape index (κ2) is 7.57. The minimum absolute atomic E-state index is 0.0728. The summed E-state index contributed by atoms with van der Waals surface area (Å²) in [4.78, 5) is 29.8. The minimum atomic E-state index is -0.261. The number of pyridine rings is 2. The average Bonchev–Trinajstić information content (AvgIpc) is 3.20. The fourth-order valence-corrected chi connectivity index (χ4v) is 5.42. The summed E-state index contributed by atoms with van der Waals surface area (Å²) < 4.78 is 16.0. The maximum Gasteiger partial charge on any atom is 0.270 e. The number of fused-ring (bicyclic) bond motifs is 2. The monoisotopic (exact) mass is 448 g/mol. The third kappa shape index (κ3) is 3.28. The summed E-state index contributed by atoms with van der Waals surface area (Å²) in [5.74, 6) is 0.0428. The zero-order valence-electron chi connectivity index (χ0n) is 17.9. The van der Waals surface area contributed by atoms with Gasteiger partial charge in [-0.3, -0.25) is 4.79 Å². The van der Waals surface area contributed by atoms with Gasteiger partial charge in [-0.25, -0.2) is 9.37 Å². The van der Waals surface area contributed by atoms with Gasteiger partial charge in [-0.2, -0.15) is 0 Å². The molecule has 0 spiro atoms. The third-order valence-corrected chi connectivity index (χ3v) is 7.10. The van der Waals surface area contributed by atoms with Crippen molar-refractivity contribution in [1.82, 2.24) is 14.5 Å². The first-order valence-corrected chi connectivity index (χ1v) is 11.1. The van der Waals surface area contributed by atoms with Crippen molar-refractivity contribution in [3.8, 4) is 0 Å². The summed E-state index contributed by atoms with van der Waals surface area (Å²) in [5.41, 5.74) is 2.79. The van der Waals surface area contributed by atoms with E-state index in [0.29, 0.717) is 29.9 Å². The van der Waals surface area contributed by atoms with Crippen molar-refractivity contribution in [2.24, 2.45) is 7.05 Å². The van der Waals surface area contributed by atoms with Gasteiger partial charge in [0.25, 0.3) is 11.4 Å². The summed E-state index contributed by atoms with van der Waals surface area (Å²) in [6.45, 7) is 12.9. The first kappa shape index (κ1) is 20.4. The predicted molar refractivity (Wildman–Crippen MR) is 126 cm³/mol. The number of anilines is 2. The predicted octanol–water partition coefficient (Wildman–Crippen LogP) is 4.34. The number of nitrogens with zero attached hydrogens (tertiary/aromatic N) is 6. The van der Waals surface area contributed by atoms with E-state index in [-0.39, 0.29) is 23.5 Å². The van der Waals surface area contributed by atoms with Crippen LogP contribution < -0.4 is 15.4 Å². The number of halogens is 1. The maximum absolute atomic E-state index is 13.6. The molecule has 1 aromatic carbocycles. The molecule has 1 aliphatic rings. The third-order valence-electron chi connectivity index (χ3n) is 6.05. The Morgan fingerprint density at radius 3 is 2.62 bits per heavy atom. The zero-order valence-corrected chi connectivity index (χ0v) is 18.7. The van der Waals surface area contributed by atoms with Gasteiger partial charge in [0.1, 0.15) is 5.82 Å². The Morgan fingerprint density at radius 2 is 1.84 bits per heavy atom. The molecule has 9 heteroatoms. The van der Waals surface area contributed by atoms with E-state index in [0.717, 1.165) is 21.0 Å². The van der Waals surface area contributed by atoms with Crippen molar-refractivity contribution in [3.63, 3.8) is 0 Å². The Labute approximate surface area is 188 Å². The molecule has 7 nitrogen and oxygen atoms in total. The van der Waals surface area contributed by atoms with Crippen LogP contribution in [0.4, 0.5) is 21.0 Å². The summed E-state index contributed by atoms with van der Waals surface area (Å²) >= 11 is 1.49. The van der Waals surface area contributed by atoms with Crippen molar-refractivity contribution in [3.05, 3.63) is 64.0 Å². The quantitative estimate of drug-likeness (QED) is 0.427. The lowest BCUT2D eigenvalue weighted by Crippen LogP contribution is -2.57. The van der Waals surface area contributed by atoms with Crippen LogP contribution in [0.3, 0.4) is 0 Å². The summed E-state index contributed by atoms with van der Waals surface area (Å²) in [6, 6.07) is 9.88. The smallest absolute Gasteiger partial charge is 0.270 e. The SMILES string of the molecule is [C-]#[N+]c1ccc2c(n1)c(N1C[C@@H](C)N(c3nc4ccc(F)cc4s3)C[C@@H]1C)cc(=O)n2C. The van der Waals surface area contributed by atoms with E-state index in [1.807, 2.05) is 0 Å². The average molecular weight is 449 g/mol. The fraction of sp³-hybridized carbons (Fsp3) is 0.304. The Bertz CT molecular complexity index is 1450. The van der Waals surface area contributed by atoms with Gasteiger partial charge in [-0.1, -0.05) is 17.9 Å². The molecular formula is C23H21FN6OS. The summed E-state index contributed by atoms with van der Waals surface area (Å²) in [7, 11) is 1.72. The van der Waals surface area contributed by atoms with Crippen molar-refractivity contribution < 1.29 is 4.39 Å². The maximum atomic E-state index is 13.6. The zero-order chi connectivity index (χ0) is 22.6. The molecule has 0 amide bonds. The molecule has 5 rings (SSSR count). The van der Waals surface area contributed by atoms with Gasteiger partial charge in [-0.15, -0.1) is 4.98 Å². The van der Waals surface area contributed by atoms with E-state index in [4.69, 9.17) is 11.6 Å².